The lowest BCUT2D eigenvalue weighted by Crippen LogP contribution is -2.23. The summed E-state index contributed by atoms with van der Waals surface area (Å²) in [6, 6.07) is 18.1. The van der Waals surface area contributed by atoms with Crippen LogP contribution < -0.4 is 10.9 Å². The van der Waals surface area contributed by atoms with E-state index in [1.807, 2.05) is 36.4 Å². The first-order valence-electron chi connectivity index (χ1n) is 9.06. The number of carbonyl (C=O) groups is 1. The van der Waals surface area contributed by atoms with Gasteiger partial charge in [-0.25, -0.2) is 9.67 Å². The van der Waals surface area contributed by atoms with Gasteiger partial charge in [0.25, 0.3) is 5.56 Å². The number of aromatic amines is 1. The maximum atomic E-state index is 12.6. The van der Waals surface area contributed by atoms with Gasteiger partial charge in [-0.1, -0.05) is 36.0 Å². The Bertz CT molecular complexity index is 1320. The molecule has 30 heavy (non-hydrogen) atoms. The van der Waals surface area contributed by atoms with Crippen LogP contribution in [-0.2, 0) is 4.79 Å². The molecule has 0 aliphatic heterocycles. The molecule has 0 spiro atoms. The van der Waals surface area contributed by atoms with E-state index in [1.54, 1.807) is 35.9 Å². The van der Waals surface area contributed by atoms with E-state index in [0.29, 0.717) is 27.4 Å². The minimum absolute atomic E-state index is 0.269. The highest BCUT2D eigenvalue weighted by atomic mass is 32.2. The first-order valence-corrected chi connectivity index (χ1v) is 9.94. The molecule has 9 heteroatoms. The quantitative estimate of drug-likeness (QED) is 0.381. The van der Waals surface area contributed by atoms with Crippen LogP contribution in [0.4, 0.5) is 5.69 Å². The van der Waals surface area contributed by atoms with Crippen molar-refractivity contribution >= 4 is 34.4 Å². The summed E-state index contributed by atoms with van der Waals surface area (Å²) in [6.45, 7) is 1.72. The van der Waals surface area contributed by atoms with E-state index >= 15 is 0 Å². The Morgan fingerprint density at radius 2 is 2.03 bits per heavy atom. The molecule has 148 valence electrons. The van der Waals surface area contributed by atoms with Crippen molar-refractivity contribution in [2.45, 2.75) is 17.3 Å². The summed E-state index contributed by atoms with van der Waals surface area (Å²) >= 11 is 1.13. The molecular weight excluding hydrogens is 400 g/mol. The molecule has 2 aromatic carbocycles. The van der Waals surface area contributed by atoms with Crippen molar-refractivity contribution in [2.75, 3.05) is 5.32 Å². The molecule has 1 atom stereocenters. The van der Waals surface area contributed by atoms with Gasteiger partial charge in [0.05, 0.1) is 28.8 Å². The second-order valence-electron chi connectivity index (χ2n) is 6.44. The average molecular weight is 416 g/mol. The van der Waals surface area contributed by atoms with Crippen LogP contribution in [0, 0.1) is 11.3 Å². The van der Waals surface area contributed by atoms with Crippen molar-refractivity contribution in [2.24, 2.45) is 0 Å². The monoisotopic (exact) mass is 416 g/mol. The molecule has 2 aromatic heterocycles. The van der Waals surface area contributed by atoms with Crippen LogP contribution >= 0.6 is 11.8 Å². The van der Waals surface area contributed by atoms with E-state index in [1.165, 1.54) is 6.20 Å². The zero-order valence-corrected chi connectivity index (χ0v) is 16.7. The number of benzene rings is 2. The molecule has 2 heterocycles. The standard InChI is InChI=1S/C21H16N6O2S/c1-13(19(28)24-15-7-5-6-14(10-15)11-22)30-21-25-18-17(20(29)26-21)12-23-27(18)16-8-3-2-4-9-16/h2-10,12-13H,1H3,(H,24,28)(H,25,26,29)/t13-/m0/s1. The van der Waals surface area contributed by atoms with Gasteiger partial charge in [-0.05, 0) is 37.3 Å². The number of thioether (sulfide) groups is 1. The molecule has 0 fully saturated rings. The van der Waals surface area contributed by atoms with Crippen LogP contribution in [0.15, 0.2) is 70.7 Å². The molecule has 2 N–H and O–H groups in total. The SMILES string of the molecule is C[C@H](Sc1nc2c(cnn2-c2ccccc2)c(=O)[nH]1)C(=O)Nc1cccc(C#N)c1. The Morgan fingerprint density at radius 1 is 1.23 bits per heavy atom. The highest BCUT2D eigenvalue weighted by Crippen LogP contribution is 2.22. The van der Waals surface area contributed by atoms with Gasteiger partial charge in [-0.3, -0.25) is 9.59 Å². The first kappa shape index (κ1) is 19.4. The molecule has 4 rings (SSSR count). The van der Waals surface area contributed by atoms with E-state index in [9.17, 15) is 9.59 Å². The van der Waals surface area contributed by atoms with E-state index in [2.05, 4.69) is 20.4 Å². The van der Waals surface area contributed by atoms with Crippen LogP contribution in [0.25, 0.3) is 16.7 Å². The molecule has 0 aliphatic carbocycles. The number of hydrogen-bond donors (Lipinski definition) is 2. The Morgan fingerprint density at radius 3 is 2.80 bits per heavy atom. The third-order valence-corrected chi connectivity index (χ3v) is 5.32. The van der Waals surface area contributed by atoms with E-state index in [-0.39, 0.29) is 11.5 Å². The number of fused-ring (bicyclic) bond motifs is 1. The number of aromatic nitrogens is 4. The van der Waals surface area contributed by atoms with Gasteiger partial charge in [-0.15, -0.1) is 0 Å². The summed E-state index contributed by atoms with van der Waals surface area (Å²) in [5, 5.41) is 16.2. The summed E-state index contributed by atoms with van der Waals surface area (Å²) in [7, 11) is 0. The fraction of sp³-hybridized carbons (Fsp3) is 0.0952. The molecule has 0 saturated carbocycles. The van der Waals surface area contributed by atoms with Crippen LogP contribution in [0.5, 0.6) is 0 Å². The lowest BCUT2D eigenvalue weighted by Gasteiger charge is -2.12. The van der Waals surface area contributed by atoms with Crippen molar-refractivity contribution in [3.8, 4) is 11.8 Å². The highest BCUT2D eigenvalue weighted by Gasteiger charge is 2.18. The van der Waals surface area contributed by atoms with Gasteiger partial charge in [0.1, 0.15) is 5.39 Å². The van der Waals surface area contributed by atoms with E-state index in [0.717, 1.165) is 17.4 Å². The highest BCUT2D eigenvalue weighted by molar-refractivity contribution is 8.00. The summed E-state index contributed by atoms with van der Waals surface area (Å²) in [6.07, 6.45) is 1.47. The minimum Gasteiger partial charge on any atom is -0.325 e. The molecule has 4 aromatic rings. The number of carbonyl (C=O) groups excluding carboxylic acids is 1. The maximum Gasteiger partial charge on any atom is 0.262 e. The normalized spacial score (nSPS) is 11.7. The van der Waals surface area contributed by atoms with Gasteiger partial charge in [0.2, 0.25) is 5.91 Å². The largest absolute Gasteiger partial charge is 0.325 e. The molecule has 1 amide bonds. The maximum absolute atomic E-state index is 12.6. The van der Waals surface area contributed by atoms with Crippen molar-refractivity contribution in [1.29, 1.82) is 5.26 Å². The summed E-state index contributed by atoms with van der Waals surface area (Å²) < 4.78 is 1.59. The smallest absolute Gasteiger partial charge is 0.262 e. The lowest BCUT2D eigenvalue weighted by atomic mass is 10.2. The summed E-state index contributed by atoms with van der Waals surface area (Å²) in [5.41, 5.74) is 1.87. The molecule has 0 radical (unpaired) electrons. The fourth-order valence-electron chi connectivity index (χ4n) is 2.84. The van der Waals surface area contributed by atoms with Crippen molar-refractivity contribution in [1.82, 2.24) is 19.7 Å². The number of rotatable bonds is 5. The molecular formula is C21H16N6O2S. The fourth-order valence-corrected chi connectivity index (χ4v) is 3.64. The number of para-hydroxylation sites is 1. The van der Waals surface area contributed by atoms with Crippen LogP contribution in [0.2, 0.25) is 0 Å². The number of nitrogens with one attached hydrogen (secondary N) is 2. The number of nitrogens with zero attached hydrogens (tertiary/aromatic N) is 4. The Hall–Kier alpha value is -3.90. The second-order valence-corrected chi connectivity index (χ2v) is 7.77. The van der Waals surface area contributed by atoms with Gasteiger partial charge in [-0.2, -0.15) is 10.4 Å². The van der Waals surface area contributed by atoms with Gasteiger partial charge in [0.15, 0.2) is 10.8 Å². The number of anilines is 1. The second kappa shape index (κ2) is 8.23. The first-order chi connectivity index (χ1) is 14.5. The van der Waals surface area contributed by atoms with E-state index in [4.69, 9.17) is 5.26 Å². The number of H-pyrrole nitrogens is 1. The number of nitriles is 1. The zero-order chi connectivity index (χ0) is 21.1. The third kappa shape index (κ3) is 3.94. The third-order valence-electron chi connectivity index (χ3n) is 4.33. The Balaban J connectivity index is 1.58. The van der Waals surface area contributed by atoms with Gasteiger partial charge in [0, 0.05) is 5.69 Å². The average Bonchev–Trinajstić information content (AvgIpc) is 3.19. The minimum atomic E-state index is -0.538. The molecule has 0 saturated heterocycles. The van der Waals surface area contributed by atoms with Crippen molar-refractivity contribution in [3.63, 3.8) is 0 Å². The van der Waals surface area contributed by atoms with E-state index < -0.39 is 5.25 Å². The Kier molecular flexibility index (Phi) is 5.32. The molecule has 0 bridgehead atoms. The molecule has 8 nitrogen and oxygen atoms in total. The molecule has 0 aliphatic rings. The Labute approximate surface area is 175 Å². The lowest BCUT2D eigenvalue weighted by molar-refractivity contribution is -0.115. The van der Waals surface area contributed by atoms with Gasteiger partial charge < -0.3 is 10.3 Å². The van der Waals surface area contributed by atoms with Crippen LogP contribution in [0.1, 0.15) is 12.5 Å². The van der Waals surface area contributed by atoms with Crippen molar-refractivity contribution < 1.29 is 4.79 Å². The van der Waals surface area contributed by atoms with Crippen LogP contribution in [0.3, 0.4) is 0 Å². The topological polar surface area (TPSA) is 116 Å². The predicted molar refractivity (Wildman–Crippen MR) is 115 cm³/mol. The van der Waals surface area contributed by atoms with Crippen LogP contribution in [-0.4, -0.2) is 30.9 Å². The van der Waals surface area contributed by atoms with Crippen molar-refractivity contribution in [3.05, 3.63) is 76.7 Å². The molecule has 0 unspecified atom stereocenters. The predicted octanol–water partition coefficient (Wildman–Crippen LogP) is 3.10. The van der Waals surface area contributed by atoms with Gasteiger partial charge >= 0.3 is 0 Å². The zero-order valence-electron chi connectivity index (χ0n) is 15.9. The number of hydrogen-bond acceptors (Lipinski definition) is 6. The summed E-state index contributed by atoms with van der Waals surface area (Å²) in [5.74, 6) is -0.269. The number of amides is 1. The summed E-state index contributed by atoms with van der Waals surface area (Å²) in [4.78, 5) is 32.2.